The van der Waals surface area contributed by atoms with Crippen LogP contribution in [0.2, 0.25) is 0 Å². The summed E-state index contributed by atoms with van der Waals surface area (Å²) in [5.74, 6) is 0.814. The number of nitrogens with zero attached hydrogens (tertiary/aromatic N) is 3. The fourth-order valence-corrected chi connectivity index (χ4v) is 3.40. The minimum absolute atomic E-state index is 0. The van der Waals surface area contributed by atoms with E-state index in [-0.39, 0.29) is 34.9 Å². The summed E-state index contributed by atoms with van der Waals surface area (Å²) in [4.78, 5) is 10.4. The number of aliphatic imine (C=N–C) groups is 1. The number of hydrogen-bond donors (Lipinski definition) is 1. The maximum absolute atomic E-state index is 12.6. The first-order valence-corrected chi connectivity index (χ1v) is 8.94. The van der Waals surface area contributed by atoms with Gasteiger partial charge in [-0.1, -0.05) is 13.8 Å². The van der Waals surface area contributed by atoms with Gasteiger partial charge < -0.3 is 10.2 Å². The van der Waals surface area contributed by atoms with Crippen LogP contribution in [-0.2, 0) is 12.6 Å². The first-order valence-electron chi connectivity index (χ1n) is 8.06. The first-order chi connectivity index (χ1) is 11.0. The van der Waals surface area contributed by atoms with Crippen LogP contribution in [-0.4, -0.2) is 41.0 Å². The van der Waals surface area contributed by atoms with Crippen molar-refractivity contribution in [2.75, 3.05) is 19.6 Å². The maximum Gasteiger partial charge on any atom is 0.434 e. The number of alkyl halides is 3. The molecule has 1 aliphatic rings. The van der Waals surface area contributed by atoms with E-state index in [9.17, 15) is 13.2 Å². The molecule has 1 aromatic heterocycles. The van der Waals surface area contributed by atoms with Crippen LogP contribution >= 0.6 is 35.3 Å². The van der Waals surface area contributed by atoms with Crippen LogP contribution in [0, 0.1) is 5.41 Å². The van der Waals surface area contributed by atoms with Crippen molar-refractivity contribution in [3.63, 3.8) is 0 Å². The van der Waals surface area contributed by atoms with Gasteiger partial charge in [0.2, 0.25) is 0 Å². The molecule has 0 saturated carbocycles. The van der Waals surface area contributed by atoms with Gasteiger partial charge in [-0.05, 0) is 20.8 Å². The lowest BCUT2D eigenvalue weighted by molar-refractivity contribution is -0.140. The number of likely N-dealkylation sites (tertiary alicyclic amines) is 1. The summed E-state index contributed by atoms with van der Waals surface area (Å²) >= 11 is 1.03. The van der Waals surface area contributed by atoms with Crippen molar-refractivity contribution in [3.05, 3.63) is 16.1 Å². The van der Waals surface area contributed by atoms with Crippen molar-refractivity contribution >= 4 is 41.3 Å². The molecule has 2 heterocycles. The third-order valence-electron chi connectivity index (χ3n) is 4.90. The van der Waals surface area contributed by atoms with Gasteiger partial charge in [0.25, 0.3) is 0 Å². The van der Waals surface area contributed by atoms with Gasteiger partial charge in [-0.3, -0.25) is 4.99 Å². The van der Waals surface area contributed by atoms with E-state index in [0.29, 0.717) is 18.0 Å². The fraction of sp³-hybridized carbons (Fsp3) is 0.750. The molecule has 1 aliphatic heterocycles. The Hall–Kier alpha value is -0.580. The Morgan fingerprint density at radius 1 is 1.36 bits per heavy atom. The van der Waals surface area contributed by atoms with Crippen LogP contribution in [0.1, 0.15) is 45.3 Å². The first kappa shape index (κ1) is 22.5. The number of aromatic nitrogens is 1. The molecule has 0 atom stereocenters. The van der Waals surface area contributed by atoms with Crippen LogP contribution in [0.25, 0.3) is 0 Å². The molecule has 0 unspecified atom stereocenters. The minimum atomic E-state index is -4.37. The smallest absolute Gasteiger partial charge is 0.356 e. The van der Waals surface area contributed by atoms with E-state index in [1.807, 2.05) is 6.92 Å². The molecule has 1 fully saturated rings. The van der Waals surface area contributed by atoms with E-state index < -0.39 is 11.9 Å². The summed E-state index contributed by atoms with van der Waals surface area (Å²) in [5.41, 5.74) is -0.636. The molecule has 2 rings (SSSR count). The Labute approximate surface area is 168 Å². The molecule has 1 N–H and O–H groups in total. The van der Waals surface area contributed by atoms with Crippen molar-refractivity contribution in [2.24, 2.45) is 10.4 Å². The number of rotatable bonds is 4. The Kier molecular flexibility index (Phi) is 7.17. The second-order valence-electron chi connectivity index (χ2n) is 7.14. The Morgan fingerprint density at radius 3 is 2.44 bits per heavy atom. The van der Waals surface area contributed by atoms with Gasteiger partial charge in [0.15, 0.2) is 11.7 Å². The summed E-state index contributed by atoms with van der Waals surface area (Å²) in [6.07, 6.45) is -3.96. The van der Waals surface area contributed by atoms with E-state index in [2.05, 4.69) is 47.9 Å². The largest absolute Gasteiger partial charge is 0.434 e. The molecule has 144 valence electrons. The number of halogens is 4. The van der Waals surface area contributed by atoms with Crippen molar-refractivity contribution in [1.29, 1.82) is 0 Å². The molecular formula is C16H26F3IN4S. The van der Waals surface area contributed by atoms with Gasteiger partial charge in [-0.25, -0.2) is 4.98 Å². The quantitative estimate of drug-likeness (QED) is 0.386. The van der Waals surface area contributed by atoms with Gasteiger partial charge in [0, 0.05) is 42.4 Å². The van der Waals surface area contributed by atoms with Crippen LogP contribution in [0.3, 0.4) is 0 Å². The molecule has 0 bridgehead atoms. The topological polar surface area (TPSA) is 40.5 Å². The summed E-state index contributed by atoms with van der Waals surface area (Å²) in [6, 6.07) is 0. The number of nitrogens with one attached hydrogen (secondary N) is 1. The Bertz CT molecular complexity index is 611. The van der Waals surface area contributed by atoms with Crippen molar-refractivity contribution in [3.8, 4) is 0 Å². The fourth-order valence-electron chi connectivity index (χ4n) is 2.61. The van der Waals surface area contributed by atoms with Gasteiger partial charge >= 0.3 is 6.18 Å². The van der Waals surface area contributed by atoms with E-state index in [0.717, 1.165) is 35.8 Å². The predicted octanol–water partition coefficient (Wildman–Crippen LogP) is 4.41. The Balaban J connectivity index is 0.00000312. The monoisotopic (exact) mass is 490 g/mol. The van der Waals surface area contributed by atoms with E-state index in [1.54, 1.807) is 0 Å². The standard InChI is InChI=1S/C16H25F3N4S.HI/c1-6-20-13(23-10-14(2,3)15(23,4)5)21-8-7-12-22-11(9-24-12)16(17,18)19;/h9H,6-8,10H2,1-5H3,(H,20,21);1H. The lowest BCUT2D eigenvalue weighted by atomic mass is 9.65. The summed E-state index contributed by atoms with van der Waals surface area (Å²) in [7, 11) is 0. The summed E-state index contributed by atoms with van der Waals surface area (Å²) in [5, 5.41) is 4.80. The van der Waals surface area contributed by atoms with Crippen LogP contribution < -0.4 is 5.32 Å². The second-order valence-corrected chi connectivity index (χ2v) is 8.08. The average Bonchev–Trinajstić information content (AvgIpc) is 2.93. The minimum Gasteiger partial charge on any atom is -0.356 e. The maximum atomic E-state index is 12.6. The molecule has 0 aliphatic carbocycles. The number of thiazole rings is 1. The zero-order chi connectivity index (χ0) is 18.2. The molecular weight excluding hydrogens is 464 g/mol. The highest BCUT2D eigenvalue weighted by atomic mass is 127. The lowest BCUT2D eigenvalue weighted by Gasteiger charge is -2.62. The molecule has 1 aromatic rings. The number of hydrogen-bond acceptors (Lipinski definition) is 3. The second kappa shape index (κ2) is 7.98. The highest BCUT2D eigenvalue weighted by Crippen LogP contribution is 2.46. The molecule has 0 spiro atoms. The SMILES string of the molecule is CCNC(=NCCc1nc(C(F)(F)F)cs1)N1CC(C)(C)C1(C)C.I. The zero-order valence-corrected chi connectivity index (χ0v) is 18.3. The molecule has 25 heavy (non-hydrogen) atoms. The third-order valence-corrected chi connectivity index (χ3v) is 5.81. The lowest BCUT2D eigenvalue weighted by Crippen LogP contribution is -2.72. The molecule has 4 nitrogen and oxygen atoms in total. The third kappa shape index (κ3) is 4.78. The van der Waals surface area contributed by atoms with Crippen LogP contribution in [0.4, 0.5) is 13.2 Å². The van der Waals surface area contributed by atoms with E-state index in [4.69, 9.17) is 0 Å². The predicted molar refractivity (Wildman–Crippen MR) is 107 cm³/mol. The molecule has 1 saturated heterocycles. The number of guanidine groups is 1. The van der Waals surface area contributed by atoms with Crippen molar-refractivity contribution in [1.82, 2.24) is 15.2 Å². The summed E-state index contributed by atoms with van der Waals surface area (Å²) in [6.45, 7) is 12.9. The van der Waals surface area contributed by atoms with Crippen molar-refractivity contribution in [2.45, 2.75) is 52.8 Å². The van der Waals surface area contributed by atoms with Gasteiger partial charge in [-0.15, -0.1) is 35.3 Å². The molecule has 0 aromatic carbocycles. The average molecular weight is 490 g/mol. The van der Waals surface area contributed by atoms with Crippen LogP contribution in [0.15, 0.2) is 10.4 Å². The van der Waals surface area contributed by atoms with Crippen molar-refractivity contribution < 1.29 is 13.2 Å². The summed E-state index contributed by atoms with van der Waals surface area (Å²) < 4.78 is 37.7. The normalized spacial score (nSPS) is 19.2. The van der Waals surface area contributed by atoms with Gasteiger partial charge in [0.05, 0.1) is 5.01 Å². The van der Waals surface area contributed by atoms with Gasteiger partial charge in [-0.2, -0.15) is 13.2 Å². The molecule has 9 heteroatoms. The van der Waals surface area contributed by atoms with Crippen LogP contribution in [0.5, 0.6) is 0 Å². The van der Waals surface area contributed by atoms with E-state index in [1.165, 1.54) is 0 Å². The van der Waals surface area contributed by atoms with Gasteiger partial charge in [0.1, 0.15) is 0 Å². The zero-order valence-electron chi connectivity index (χ0n) is 15.2. The highest BCUT2D eigenvalue weighted by molar-refractivity contribution is 14.0. The Morgan fingerprint density at radius 2 is 2.00 bits per heavy atom. The molecule has 0 radical (unpaired) electrons. The van der Waals surface area contributed by atoms with E-state index >= 15 is 0 Å². The molecule has 0 amide bonds. The highest BCUT2D eigenvalue weighted by Gasteiger charge is 2.53.